The number of H-pyrrole nitrogens is 1. The van der Waals surface area contributed by atoms with Crippen molar-refractivity contribution in [3.63, 3.8) is 0 Å². The molecule has 0 aliphatic rings. The zero-order valence-corrected chi connectivity index (χ0v) is 7.16. The van der Waals surface area contributed by atoms with Gasteiger partial charge in [0.25, 0.3) is 0 Å². The summed E-state index contributed by atoms with van der Waals surface area (Å²) in [6.45, 7) is 0. The van der Waals surface area contributed by atoms with Gasteiger partial charge in [0.15, 0.2) is 0 Å². The molecule has 14 heavy (non-hydrogen) atoms. The van der Waals surface area contributed by atoms with Crippen molar-refractivity contribution in [1.82, 2.24) is 20.4 Å². The molecule has 0 spiro atoms. The van der Waals surface area contributed by atoms with Crippen LogP contribution in [0.3, 0.4) is 0 Å². The maximum atomic E-state index is 10.2. The van der Waals surface area contributed by atoms with E-state index in [0.29, 0.717) is 0 Å². The summed E-state index contributed by atoms with van der Waals surface area (Å²) < 4.78 is 0. The number of rotatable bonds is 1. The number of nitrogens with zero attached hydrogens (tertiary/aromatic N) is 3. The molecule has 2 N–H and O–H groups in total. The summed E-state index contributed by atoms with van der Waals surface area (Å²) in [5, 5.41) is 17.7. The second kappa shape index (κ2) is 5.41. The smallest absolute Gasteiger partial charge is 0.337 e. The fourth-order valence-electron chi connectivity index (χ4n) is 0.656. The number of aromatic carboxylic acids is 1. The Morgan fingerprint density at radius 2 is 2.00 bits per heavy atom. The summed E-state index contributed by atoms with van der Waals surface area (Å²) in [7, 11) is 0. The standard InChI is InChI=1S/C6H5NO2.C2H3N3/c8-6(9)5-2-1-3-7-4-5;1-2-4-5-3-1/h1-4H,(H,8,9);1-2H,(H,3,4,5). The molecule has 0 unspecified atom stereocenters. The van der Waals surface area contributed by atoms with Crippen molar-refractivity contribution in [2.24, 2.45) is 0 Å². The number of aromatic nitrogens is 4. The number of nitrogens with one attached hydrogen (secondary N) is 1. The van der Waals surface area contributed by atoms with E-state index in [1.54, 1.807) is 18.5 Å². The Balaban J connectivity index is 0.000000165. The molecule has 2 aromatic heterocycles. The van der Waals surface area contributed by atoms with Crippen molar-refractivity contribution in [3.05, 3.63) is 42.5 Å². The summed E-state index contributed by atoms with van der Waals surface area (Å²) in [6, 6.07) is 3.08. The zero-order chi connectivity index (χ0) is 10.2. The lowest BCUT2D eigenvalue weighted by Crippen LogP contribution is -1.94. The van der Waals surface area contributed by atoms with Crippen LogP contribution in [0.2, 0.25) is 0 Å². The lowest BCUT2D eigenvalue weighted by atomic mass is 10.3. The van der Waals surface area contributed by atoms with Crippen molar-refractivity contribution in [2.45, 2.75) is 0 Å². The highest BCUT2D eigenvalue weighted by molar-refractivity contribution is 5.86. The number of hydrogen-bond donors (Lipinski definition) is 2. The molecule has 0 aliphatic heterocycles. The highest BCUT2D eigenvalue weighted by Crippen LogP contribution is 1.92. The number of carboxylic acid groups (broad SMARTS) is 1. The third-order valence-electron chi connectivity index (χ3n) is 1.24. The molecule has 0 radical (unpaired) electrons. The molecule has 0 saturated carbocycles. The highest BCUT2D eigenvalue weighted by atomic mass is 16.4. The molecular weight excluding hydrogens is 184 g/mol. The van der Waals surface area contributed by atoms with Gasteiger partial charge in [-0.2, -0.15) is 15.4 Å². The van der Waals surface area contributed by atoms with E-state index in [2.05, 4.69) is 20.4 Å². The van der Waals surface area contributed by atoms with Gasteiger partial charge >= 0.3 is 5.97 Å². The first-order valence-corrected chi connectivity index (χ1v) is 3.74. The van der Waals surface area contributed by atoms with Gasteiger partial charge in [-0.3, -0.25) is 4.98 Å². The molecule has 0 aliphatic carbocycles. The molecule has 0 atom stereocenters. The molecule has 0 bridgehead atoms. The molecule has 2 aromatic rings. The van der Waals surface area contributed by atoms with E-state index in [9.17, 15) is 4.79 Å². The van der Waals surface area contributed by atoms with Gasteiger partial charge in [-0.15, -0.1) is 0 Å². The minimum atomic E-state index is -0.942. The minimum absolute atomic E-state index is 0.220. The third kappa shape index (κ3) is 3.44. The van der Waals surface area contributed by atoms with Crippen LogP contribution in [0.5, 0.6) is 0 Å². The fourth-order valence-corrected chi connectivity index (χ4v) is 0.656. The van der Waals surface area contributed by atoms with E-state index >= 15 is 0 Å². The Hall–Kier alpha value is -2.24. The number of pyridine rings is 1. The van der Waals surface area contributed by atoms with Crippen LogP contribution in [0.15, 0.2) is 36.9 Å². The van der Waals surface area contributed by atoms with Gasteiger partial charge in [0.2, 0.25) is 0 Å². The monoisotopic (exact) mass is 192 g/mol. The van der Waals surface area contributed by atoms with Gasteiger partial charge in [-0.25, -0.2) is 4.79 Å². The van der Waals surface area contributed by atoms with Gasteiger partial charge in [0.05, 0.1) is 18.0 Å². The van der Waals surface area contributed by atoms with Crippen LogP contribution in [0.25, 0.3) is 0 Å². The highest BCUT2D eigenvalue weighted by Gasteiger charge is 1.97. The largest absolute Gasteiger partial charge is 0.478 e. The molecule has 2 rings (SSSR count). The van der Waals surface area contributed by atoms with Gasteiger partial charge in [0, 0.05) is 12.4 Å². The molecule has 72 valence electrons. The summed E-state index contributed by atoms with van der Waals surface area (Å²) in [5.74, 6) is -0.942. The van der Waals surface area contributed by atoms with E-state index in [1.807, 2.05) is 0 Å². The van der Waals surface area contributed by atoms with Crippen LogP contribution in [-0.4, -0.2) is 31.5 Å². The van der Waals surface area contributed by atoms with E-state index in [1.165, 1.54) is 18.5 Å². The van der Waals surface area contributed by atoms with E-state index in [-0.39, 0.29) is 5.56 Å². The predicted molar refractivity (Wildman–Crippen MR) is 47.6 cm³/mol. The van der Waals surface area contributed by atoms with Crippen molar-refractivity contribution in [2.75, 3.05) is 0 Å². The zero-order valence-electron chi connectivity index (χ0n) is 7.16. The molecule has 6 nitrogen and oxygen atoms in total. The second-order valence-electron chi connectivity index (χ2n) is 2.20. The lowest BCUT2D eigenvalue weighted by Gasteiger charge is -1.87. The van der Waals surface area contributed by atoms with Gasteiger partial charge < -0.3 is 5.11 Å². The van der Waals surface area contributed by atoms with E-state index in [0.717, 1.165) is 0 Å². The number of carboxylic acids is 1. The number of carbonyl (C=O) groups is 1. The Bertz CT molecular complexity index is 343. The van der Waals surface area contributed by atoms with Crippen LogP contribution >= 0.6 is 0 Å². The number of hydrogen-bond acceptors (Lipinski definition) is 4. The van der Waals surface area contributed by atoms with Crippen molar-refractivity contribution in [1.29, 1.82) is 0 Å². The first-order valence-electron chi connectivity index (χ1n) is 3.74. The SMILES string of the molecule is O=C(O)c1cccnc1.c1cn[nH]n1. The van der Waals surface area contributed by atoms with Gasteiger partial charge in [-0.1, -0.05) is 0 Å². The topological polar surface area (TPSA) is 91.8 Å². The molecule has 2 heterocycles. The van der Waals surface area contributed by atoms with Crippen molar-refractivity contribution < 1.29 is 9.90 Å². The van der Waals surface area contributed by atoms with Crippen LogP contribution < -0.4 is 0 Å². The summed E-state index contributed by atoms with van der Waals surface area (Å²) in [4.78, 5) is 13.8. The third-order valence-corrected chi connectivity index (χ3v) is 1.24. The van der Waals surface area contributed by atoms with E-state index < -0.39 is 5.97 Å². The first-order chi connectivity index (χ1) is 6.80. The van der Waals surface area contributed by atoms with Crippen LogP contribution in [0.4, 0.5) is 0 Å². The molecule has 0 fully saturated rings. The molecule has 0 amide bonds. The van der Waals surface area contributed by atoms with Crippen LogP contribution in [0, 0.1) is 0 Å². The van der Waals surface area contributed by atoms with Crippen molar-refractivity contribution in [3.8, 4) is 0 Å². The van der Waals surface area contributed by atoms with Crippen molar-refractivity contribution >= 4 is 5.97 Å². The molecular formula is C8H8N4O2. The van der Waals surface area contributed by atoms with Crippen LogP contribution in [-0.2, 0) is 0 Å². The number of aromatic amines is 1. The Morgan fingerprint density at radius 1 is 1.29 bits per heavy atom. The maximum absolute atomic E-state index is 10.2. The minimum Gasteiger partial charge on any atom is -0.478 e. The summed E-state index contributed by atoms with van der Waals surface area (Å²) in [6.07, 6.45) is 6.01. The quantitative estimate of drug-likeness (QED) is 0.689. The predicted octanol–water partition coefficient (Wildman–Crippen LogP) is 0.584. The fraction of sp³-hybridized carbons (Fsp3) is 0. The van der Waals surface area contributed by atoms with Crippen LogP contribution in [0.1, 0.15) is 10.4 Å². The summed E-state index contributed by atoms with van der Waals surface area (Å²) >= 11 is 0. The maximum Gasteiger partial charge on any atom is 0.337 e. The first kappa shape index (κ1) is 9.85. The van der Waals surface area contributed by atoms with E-state index in [4.69, 9.17) is 5.11 Å². The average Bonchev–Trinajstić information content (AvgIpc) is 2.77. The molecule has 6 heteroatoms. The average molecular weight is 192 g/mol. The van der Waals surface area contributed by atoms with Gasteiger partial charge in [-0.05, 0) is 12.1 Å². The lowest BCUT2D eigenvalue weighted by molar-refractivity contribution is 0.0696. The van der Waals surface area contributed by atoms with Gasteiger partial charge in [0.1, 0.15) is 0 Å². The molecule has 0 saturated heterocycles. The normalized spacial score (nSPS) is 8.57. The Labute approximate surface area is 79.6 Å². The Morgan fingerprint density at radius 3 is 2.29 bits per heavy atom. The summed E-state index contributed by atoms with van der Waals surface area (Å²) in [5.41, 5.74) is 0.220. The second-order valence-corrected chi connectivity index (χ2v) is 2.20. The molecule has 0 aromatic carbocycles. The Kier molecular flexibility index (Phi) is 3.81.